The number of benzene rings is 1. The Kier molecular flexibility index (Phi) is 6.61. The van der Waals surface area contributed by atoms with Crippen molar-refractivity contribution >= 4 is 5.91 Å². The zero-order chi connectivity index (χ0) is 19.2. The highest BCUT2D eigenvalue weighted by molar-refractivity contribution is 5.76. The predicted octanol–water partition coefficient (Wildman–Crippen LogP) is 3.15. The number of amides is 1. The van der Waals surface area contributed by atoms with Gasteiger partial charge in [0.05, 0.1) is 5.69 Å². The maximum Gasteiger partial charge on any atom is 0.220 e. The van der Waals surface area contributed by atoms with Gasteiger partial charge in [-0.3, -0.25) is 14.4 Å². The molecule has 0 bridgehead atoms. The maximum absolute atomic E-state index is 13.2. The van der Waals surface area contributed by atoms with Crippen LogP contribution in [0.2, 0.25) is 0 Å². The summed E-state index contributed by atoms with van der Waals surface area (Å²) in [7, 11) is 1.86. The summed E-state index contributed by atoms with van der Waals surface area (Å²) in [6.07, 6.45) is 6.79. The minimum absolute atomic E-state index is 0.0635. The lowest BCUT2D eigenvalue weighted by Crippen LogP contribution is -2.42. The lowest BCUT2D eigenvalue weighted by molar-refractivity contribution is -0.121. The van der Waals surface area contributed by atoms with Crippen LogP contribution in [0, 0.1) is 5.82 Å². The van der Waals surface area contributed by atoms with Crippen molar-refractivity contribution in [1.29, 1.82) is 0 Å². The van der Waals surface area contributed by atoms with E-state index in [2.05, 4.69) is 22.2 Å². The van der Waals surface area contributed by atoms with E-state index in [-0.39, 0.29) is 11.7 Å². The summed E-state index contributed by atoms with van der Waals surface area (Å²) in [5.41, 5.74) is 2.68. The molecule has 0 saturated carbocycles. The predicted molar refractivity (Wildman–Crippen MR) is 105 cm³/mol. The smallest absolute Gasteiger partial charge is 0.220 e. The highest BCUT2D eigenvalue weighted by Crippen LogP contribution is 2.23. The molecule has 1 N–H and O–H groups in total. The van der Waals surface area contributed by atoms with Crippen LogP contribution in [0.4, 0.5) is 4.39 Å². The molecule has 27 heavy (non-hydrogen) atoms. The van der Waals surface area contributed by atoms with Crippen LogP contribution < -0.4 is 5.32 Å². The van der Waals surface area contributed by atoms with Crippen molar-refractivity contribution < 1.29 is 9.18 Å². The molecular weight excluding hydrogens is 343 g/mol. The first kappa shape index (κ1) is 19.5. The van der Waals surface area contributed by atoms with E-state index in [0.29, 0.717) is 25.4 Å². The molecule has 146 valence electrons. The molecule has 3 rings (SSSR count). The number of hydrogen-bond acceptors (Lipinski definition) is 3. The average Bonchev–Trinajstić information content (AvgIpc) is 3.03. The molecule has 1 atom stereocenters. The van der Waals surface area contributed by atoms with Crippen LogP contribution in [0.15, 0.2) is 30.5 Å². The van der Waals surface area contributed by atoms with E-state index >= 15 is 0 Å². The van der Waals surface area contributed by atoms with Crippen LogP contribution in [-0.4, -0.2) is 46.3 Å². The molecule has 1 fully saturated rings. The van der Waals surface area contributed by atoms with Gasteiger partial charge in [0.1, 0.15) is 5.82 Å². The van der Waals surface area contributed by atoms with Crippen LogP contribution in [0.1, 0.15) is 38.2 Å². The SMILES string of the molecule is C[C@H]1CCCCN1CCNC(=O)CCc1cn(C)nc1-c1ccc(F)cc1. The molecule has 0 aliphatic carbocycles. The van der Waals surface area contributed by atoms with E-state index < -0.39 is 0 Å². The number of nitrogens with one attached hydrogen (secondary N) is 1. The second-order valence-electron chi connectivity index (χ2n) is 7.41. The first-order valence-electron chi connectivity index (χ1n) is 9.82. The second kappa shape index (κ2) is 9.13. The Morgan fingerprint density at radius 2 is 2.07 bits per heavy atom. The minimum Gasteiger partial charge on any atom is -0.355 e. The van der Waals surface area contributed by atoms with Crippen LogP contribution >= 0.6 is 0 Å². The summed E-state index contributed by atoms with van der Waals surface area (Å²) in [6, 6.07) is 6.93. The molecule has 1 aliphatic heterocycles. The number of rotatable bonds is 7. The number of hydrogen-bond donors (Lipinski definition) is 1. The van der Waals surface area contributed by atoms with Crippen molar-refractivity contribution in [3.8, 4) is 11.3 Å². The van der Waals surface area contributed by atoms with Crippen molar-refractivity contribution in [3.05, 3.63) is 41.8 Å². The third kappa shape index (κ3) is 5.39. The summed E-state index contributed by atoms with van der Waals surface area (Å²) in [6.45, 7) is 5.01. The van der Waals surface area contributed by atoms with Gasteiger partial charge in [-0.2, -0.15) is 5.10 Å². The molecule has 1 aromatic carbocycles. The van der Waals surface area contributed by atoms with Crippen molar-refractivity contribution in [3.63, 3.8) is 0 Å². The van der Waals surface area contributed by atoms with Crippen LogP contribution in [0.3, 0.4) is 0 Å². The van der Waals surface area contributed by atoms with Crippen LogP contribution in [-0.2, 0) is 18.3 Å². The van der Waals surface area contributed by atoms with Crippen LogP contribution in [0.25, 0.3) is 11.3 Å². The number of carbonyl (C=O) groups excluding carboxylic acids is 1. The van der Waals surface area contributed by atoms with Gasteiger partial charge < -0.3 is 5.32 Å². The van der Waals surface area contributed by atoms with Gasteiger partial charge in [-0.05, 0) is 62.6 Å². The Morgan fingerprint density at radius 1 is 1.30 bits per heavy atom. The molecule has 0 spiro atoms. The second-order valence-corrected chi connectivity index (χ2v) is 7.41. The van der Waals surface area contributed by atoms with Gasteiger partial charge in [-0.15, -0.1) is 0 Å². The molecule has 0 unspecified atom stereocenters. The van der Waals surface area contributed by atoms with E-state index in [1.54, 1.807) is 16.8 Å². The summed E-state index contributed by atoms with van der Waals surface area (Å²) >= 11 is 0. The van der Waals surface area contributed by atoms with Gasteiger partial charge in [0.15, 0.2) is 0 Å². The third-order valence-electron chi connectivity index (χ3n) is 5.31. The van der Waals surface area contributed by atoms with Crippen LogP contribution in [0.5, 0.6) is 0 Å². The molecule has 2 aromatic rings. The zero-order valence-corrected chi connectivity index (χ0v) is 16.2. The van der Waals surface area contributed by atoms with Gasteiger partial charge in [-0.1, -0.05) is 6.42 Å². The Labute approximate surface area is 160 Å². The molecule has 1 aromatic heterocycles. The van der Waals surface area contributed by atoms with Gasteiger partial charge >= 0.3 is 0 Å². The summed E-state index contributed by atoms with van der Waals surface area (Å²) in [5.74, 6) is -0.202. The quantitative estimate of drug-likeness (QED) is 0.812. The highest BCUT2D eigenvalue weighted by Gasteiger charge is 2.18. The Morgan fingerprint density at radius 3 is 2.81 bits per heavy atom. The van der Waals surface area contributed by atoms with Crippen molar-refractivity contribution in [1.82, 2.24) is 20.0 Å². The fraction of sp³-hybridized carbons (Fsp3) is 0.524. The fourth-order valence-corrected chi connectivity index (χ4v) is 3.74. The topological polar surface area (TPSA) is 50.2 Å². The monoisotopic (exact) mass is 372 g/mol. The standard InChI is InChI=1S/C21H29FN4O/c1-16-5-3-4-13-26(16)14-12-23-20(27)11-8-18-15-25(2)24-21(18)17-6-9-19(22)10-7-17/h6-7,9-10,15-16H,3-5,8,11-14H2,1-2H3,(H,23,27)/t16-/m0/s1. The van der Waals surface area contributed by atoms with Gasteiger partial charge in [0.25, 0.3) is 0 Å². The third-order valence-corrected chi connectivity index (χ3v) is 5.31. The molecule has 6 heteroatoms. The number of aromatic nitrogens is 2. The zero-order valence-electron chi connectivity index (χ0n) is 16.2. The first-order valence-corrected chi connectivity index (χ1v) is 9.82. The molecular formula is C21H29FN4O. The van der Waals surface area contributed by atoms with Gasteiger partial charge in [0, 0.05) is 44.4 Å². The highest BCUT2D eigenvalue weighted by atomic mass is 19.1. The normalized spacial score (nSPS) is 17.8. The van der Waals surface area contributed by atoms with E-state index in [1.165, 1.54) is 31.4 Å². The van der Waals surface area contributed by atoms with E-state index in [1.807, 2.05) is 13.2 Å². The average molecular weight is 372 g/mol. The lowest BCUT2D eigenvalue weighted by Gasteiger charge is -2.33. The Balaban J connectivity index is 1.49. The molecule has 5 nitrogen and oxygen atoms in total. The van der Waals surface area contributed by atoms with Crippen molar-refractivity contribution in [2.45, 2.75) is 45.1 Å². The molecule has 1 aliphatic rings. The largest absolute Gasteiger partial charge is 0.355 e. The molecule has 2 heterocycles. The molecule has 1 saturated heterocycles. The van der Waals surface area contributed by atoms with Gasteiger partial charge in [0.2, 0.25) is 5.91 Å². The van der Waals surface area contributed by atoms with Crippen molar-refractivity contribution in [2.24, 2.45) is 7.05 Å². The minimum atomic E-state index is -0.265. The number of likely N-dealkylation sites (tertiary alicyclic amines) is 1. The maximum atomic E-state index is 13.2. The van der Waals surface area contributed by atoms with E-state index in [4.69, 9.17) is 0 Å². The number of carbonyl (C=O) groups is 1. The number of halogens is 1. The first-order chi connectivity index (χ1) is 13.0. The number of aryl methyl sites for hydroxylation is 2. The summed E-state index contributed by atoms with van der Waals surface area (Å²) in [5, 5.41) is 7.51. The van der Waals surface area contributed by atoms with E-state index in [9.17, 15) is 9.18 Å². The molecule has 0 radical (unpaired) electrons. The van der Waals surface area contributed by atoms with Crippen molar-refractivity contribution in [2.75, 3.05) is 19.6 Å². The Bertz CT molecular complexity index is 756. The summed E-state index contributed by atoms with van der Waals surface area (Å²) < 4.78 is 14.9. The lowest BCUT2D eigenvalue weighted by atomic mass is 10.0. The fourth-order valence-electron chi connectivity index (χ4n) is 3.74. The van der Waals surface area contributed by atoms with E-state index in [0.717, 1.165) is 29.9 Å². The Hall–Kier alpha value is -2.21. The number of piperidine rings is 1. The molecule has 1 amide bonds. The summed E-state index contributed by atoms with van der Waals surface area (Å²) in [4.78, 5) is 14.7. The number of nitrogens with zero attached hydrogens (tertiary/aromatic N) is 3. The van der Waals surface area contributed by atoms with Gasteiger partial charge in [-0.25, -0.2) is 4.39 Å².